The van der Waals surface area contributed by atoms with Gasteiger partial charge in [0.05, 0.1) is 30.8 Å². The highest BCUT2D eigenvalue weighted by molar-refractivity contribution is 7.93. The van der Waals surface area contributed by atoms with Crippen LogP contribution in [0.1, 0.15) is 39.2 Å². The molecular weight excluding hydrogens is 583 g/mol. The number of ether oxygens (including phenoxy) is 3. The first-order valence-corrected chi connectivity index (χ1v) is 14.4. The Balaban J connectivity index is 1.76. The molecular formula is C27H30F3N3O8S. The van der Waals surface area contributed by atoms with Crippen molar-refractivity contribution in [2.24, 2.45) is 0 Å². The molecule has 1 N–H and O–H groups in total. The van der Waals surface area contributed by atoms with E-state index in [2.05, 4.69) is 9.84 Å². The van der Waals surface area contributed by atoms with Crippen LogP contribution in [0, 0.1) is 0 Å². The molecule has 1 aliphatic heterocycles. The topological polar surface area (TPSA) is 137 Å². The summed E-state index contributed by atoms with van der Waals surface area (Å²) in [5.41, 5.74) is -2.33. The van der Waals surface area contributed by atoms with Crippen molar-refractivity contribution in [2.45, 2.75) is 62.8 Å². The fraction of sp³-hybridized carbons (Fsp3) is 0.444. The van der Waals surface area contributed by atoms with Gasteiger partial charge in [0.25, 0.3) is 15.9 Å². The minimum Gasteiger partial charge on any atom is -0.486 e. The summed E-state index contributed by atoms with van der Waals surface area (Å²) in [6.07, 6.45) is -4.22. The number of sulfonamides is 1. The van der Waals surface area contributed by atoms with E-state index < -0.39 is 46.9 Å². The minimum absolute atomic E-state index is 0.0258. The quantitative estimate of drug-likeness (QED) is 0.323. The second-order valence-electron chi connectivity index (χ2n) is 10.2. The number of pyridine rings is 1. The number of benzene rings is 1. The Morgan fingerprint density at radius 3 is 2.60 bits per heavy atom. The van der Waals surface area contributed by atoms with Gasteiger partial charge in [0.1, 0.15) is 24.2 Å². The van der Waals surface area contributed by atoms with Gasteiger partial charge in [-0.15, -0.1) is 5.10 Å². The lowest BCUT2D eigenvalue weighted by molar-refractivity contribution is -0.257. The van der Waals surface area contributed by atoms with Crippen molar-refractivity contribution in [1.29, 1.82) is 0 Å². The summed E-state index contributed by atoms with van der Waals surface area (Å²) in [4.78, 5) is 23.8. The molecule has 15 heteroatoms. The van der Waals surface area contributed by atoms with Crippen molar-refractivity contribution in [1.82, 2.24) is 9.61 Å². The molecule has 0 unspecified atom stereocenters. The zero-order chi connectivity index (χ0) is 30.9. The maximum Gasteiger partial charge on any atom is 0.427 e. The Kier molecular flexibility index (Phi) is 8.73. The van der Waals surface area contributed by atoms with Gasteiger partial charge in [-0.3, -0.25) is 9.10 Å². The van der Waals surface area contributed by atoms with Crippen molar-refractivity contribution in [3.05, 3.63) is 48.2 Å². The standard InChI is InChI=1S/C27H30F3N3O8S/c1-17(35)7-9-19-16-33(42(37,38)24-20-6-4-5-11-32(20)31-25(24)39-13-12-34)21-14-18(8-10-22(21)40-19)15-23(36)41-26(2,3)27(28,29)30/h4-6,8,10-11,14,19,34H,7,9,12-13,15-16H2,1-3H3/t19-/m0/s1. The van der Waals surface area contributed by atoms with E-state index in [1.54, 1.807) is 12.1 Å². The molecule has 11 nitrogen and oxygen atoms in total. The van der Waals surface area contributed by atoms with Gasteiger partial charge in [-0.1, -0.05) is 12.1 Å². The summed E-state index contributed by atoms with van der Waals surface area (Å²) in [7, 11) is -4.47. The SMILES string of the molecule is CC(=O)CC[C@H]1CN(S(=O)(=O)c2c(OCCO)nn3ccccc23)c2cc(CC(=O)OC(C)(C)C(F)(F)F)ccc2O1. The second-order valence-corrected chi connectivity index (χ2v) is 12.0. The fourth-order valence-corrected chi connectivity index (χ4v) is 6.03. The third-order valence-corrected chi connectivity index (χ3v) is 8.34. The Morgan fingerprint density at radius 2 is 1.93 bits per heavy atom. The predicted octanol–water partition coefficient (Wildman–Crippen LogP) is 3.46. The highest BCUT2D eigenvalue weighted by atomic mass is 32.2. The number of nitrogens with zero attached hydrogens (tertiary/aromatic N) is 3. The van der Waals surface area contributed by atoms with Crippen LogP contribution in [0.2, 0.25) is 0 Å². The van der Waals surface area contributed by atoms with E-state index in [1.807, 2.05) is 0 Å². The number of anilines is 1. The van der Waals surface area contributed by atoms with Gasteiger partial charge in [-0.25, -0.2) is 12.9 Å². The molecule has 1 atom stereocenters. The van der Waals surface area contributed by atoms with E-state index in [9.17, 15) is 36.3 Å². The number of halogens is 3. The average Bonchev–Trinajstić information content (AvgIpc) is 3.28. The summed E-state index contributed by atoms with van der Waals surface area (Å²) in [6.45, 7) is 2.02. The number of carbonyl (C=O) groups excluding carboxylic acids is 2. The van der Waals surface area contributed by atoms with Crippen molar-refractivity contribution < 1.29 is 50.5 Å². The molecule has 1 aromatic carbocycles. The lowest BCUT2D eigenvalue weighted by atomic mass is 10.1. The largest absolute Gasteiger partial charge is 0.486 e. The highest BCUT2D eigenvalue weighted by Crippen LogP contribution is 2.41. The monoisotopic (exact) mass is 613 g/mol. The number of fused-ring (bicyclic) bond motifs is 2. The number of aromatic nitrogens is 2. The number of ketones is 1. The van der Waals surface area contributed by atoms with Gasteiger partial charge in [-0.05, 0) is 57.0 Å². The second kappa shape index (κ2) is 11.8. The van der Waals surface area contributed by atoms with Crippen LogP contribution < -0.4 is 13.8 Å². The number of aliphatic hydroxyl groups is 1. The summed E-state index contributed by atoms with van der Waals surface area (Å²) < 4.78 is 86.8. The van der Waals surface area contributed by atoms with E-state index in [4.69, 9.17) is 9.47 Å². The Bertz CT molecular complexity index is 1590. The van der Waals surface area contributed by atoms with Crippen molar-refractivity contribution in [3.8, 4) is 11.6 Å². The van der Waals surface area contributed by atoms with E-state index in [-0.39, 0.29) is 65.1 Å². The van der Waals surface area contributed by atoms with Gasteiger partial charge >= 0.3 is 12.1 Å². The number of carbonyl (C=O) groups is 2. The molecule has 0 bridgehead atoms. The van der Waals surface area contributed by atoms with Gasteiger partial charge in [-0.2, -0.15) is 13.2 Å². The number of esters is 1. The zero-order valence-corrected chi connectivity index (χ0v) is 23.9. The van der Waals surface area contributed by atoms with Crippen LogP contribution in [0.4, 0.5) is 18.9 Å². The number of alkyl halides is 3. The summed E-state index contributed by atoms with van der Waals surface area (Å²) in [5, 5.41) is 13.5. The molecule has 3 heterocycles. The zero-order valence-electron chi connectivity index (χ0n) is 23.1. The summed E-state index contributed by atoms with van der Waals surface area (Å²) in [6, 6.07) is 8.93. The molecule has 0 amide bonds. The van der Waals surface area contributed by atoms with Gasteiger partial charge in [0.2, 0.25) is 5.60 Å². The number of Topliss-reactive ketones (excluding diaryl/α,β-unsaturated/α-hetero) is 1. The van der Waals surface area contributed by atoms with Crippen LogP contribution in [0.3, 0.4) is 0 Å². The first-order chi connectivity index (χ1) is 19.6. The Hall–Kier alpha value is -3.85. The Morgan fingerprint density at radius 1 is 1.19 bits per heavy atom. The fourth-order valence-electron chi connectivity index (χ4n) is 4.30. The van der Waals surface area contributed by atoms with E-state index >= 15 is 0 Å². The first-order valence-electron chi connectivity index (χ1n) is 13.0. The lowest BCUT2D eigenvalue weighted by Gasteiger charge is -2.35. The molecule has 0 radical (unpaired) electrons. The number of rotatable bonds is 11. The van der Waals surface area contributed by atoms with Gasteiger partial charge < -0.3 is 24.1 Å². The molecule has 0 saturated carbocycles. The van der Waals surface area contributed by atoms with Crippen LogP contribution in [0.25, 0.3) is 5.52 Å². The lowest BCUT2D eigenvalue weighted by Crippen LogP contribution is -2.44. The molecule has 228 valence electrons. The average molecular weight is 614 g/mol. The summed E-state index contributed by atoms with van der Waals surface area (Å²) >= 11 is 0. The molecule has 3 aromatic rings. The van der Waals surface area contributed by atoms with Crippen molar-refractivity contribution >= 4 is 33.0 Å². The van der Waals surface area contributed by atoms with Crippen LogP contribution in [0.15, 0.2) is 47.5 Å². The van der Waals surface area contributed by atoms with Crippen LogP contribution in [-0.4, -0.2) is 72.5 Å². The maximum atomic E-state index is 14.3. The van der Waals surface area contributed by atoms with Gasteiger partial charge in [0.15, 0.2) is 4.90 Å². The highest BCUT2D eigenvalue weighted by Gasteiger charge is 2.50. The Labute approximate surface area is 239 Å². The smallest absolute Gasteiger partial charge is 0.427 e. The number of hydrogen-bond acceptors (Lipinski definition) is 9. The third-order valence-electron chi connectivity index (χ3n) is 6.52. The molecule has 0 spiro atoms. The van der Waals surface area contributed by atoms with E-state index in [0.29, 0.717) is 0 Å². The minimum atomic E-state index is -4.80. The molecule has 0 fully saturated rings. The van der Waals surface area contributed by atoms with Crippen LogP contribution in [-0.2, 0) is 30.8 Å². The molecule has 42 heavy (non-hydrogen) atoms. The number of aliphatic hydroxyl groups excluding tert-OH is 1. The molecule has 1 aliphatic rings. The van der Waals surface area contributed by atoms with Crippen molar-refractivity contribution in [3.63, 3.8) is 0 Å². The predicted molar refractivity (Wildman–Crippen MR) is 143 cm³/mol. The van der Waals surface area contributed by atoms with Crippen molar-refractivity contribution in [2.75, 3.05) is 24.1 Å². The maximum absolute atomic E-state index is 14.3. The summed E-state index contributed by atoms with van der Waals surface area (Å²) in [5.74, 6) is -1.40. The van der Waals surface area contributed by atoms with Crippen LogP contribution >= 0.6 is 0 Å². The van der Waals surface area contributed by atoms with Gasteiger partial charge in [0, 0.05) is 12.6 Å². The van der Waals surface area contributed by atoms with E-state index in [1.165, 1.54) is 41.9 Å². The molecule has 0 aliphatic carbocycles. The van der Waals surface area contributed by atoms with Crippen LogP contribution in [0.5, 0.6) is 11.6 Å². The van der Waals surface area contributed by atoms with E-state index in [0.717, 1.165) is 18.2 Å². The third kappa shape index (κ3) is 6.46. The molecule has 4 rings (SSSR count). The molecule has 0 saturated heterocycles. The normalized spacial score (nSPS) is 15.7. The first kappa shape index (κ1) is 31.1. The number of hydrogen-bond donors (Lipinski definition) is 1. The molecule has 2 aromatic heterocycles.